The molecule has 1 heterocycles. The molecule has 68 valence electrons. The van der Waals surface area contributed by atoms with Crippen LogP contribution in [0.15, 0.2) is 4.60 Å². The van der Waals surface area contributed by atoms with E-state index in [1.54, 1.807) is 0 Å². The van der Waals surface area contributed by atoms with Crippen molar-refractivity contribution >= 4 is 32.4 Å². The second kappa shape index (κ2) is 4.23. The van der Waals surface area contributed by atoms with E-state index in [2.05, 4.69) is 20.9 Å². The first-order valence-corrected chi connectivity index (χ1v) is 4.32. The molecule has 0 radical (unpaired) electrons. The summed E-state index contributed by atoms with van der Waals surface area (Å²) in [5, 5.41) is -0.684. The molecule has 0 spiro atoms. The van der Waals surface area contributed by atoms with Crippen LogP contribution < -0.4 is 4.90 Å². The van der Waals surface area contributed by atoms with Crippen molar-refractivity contribution in [2.24, 2.45) is 0 Å². The Balaban J connectivity index is 3.60. The Bertz CT molecular complexity index is 627. The van der Waals surface area contributed by atoms with Crippen molar-refractivity contribution in [2.45, 2.75) is 20.1 Å². The molecular weight excluding hydrogens is 236 g/mol. The number of aromatic nitrogens is 1. The van der Waals surface area contributed by atoms with Gasteiger partial charge in [0.25, 0.3) is 0 Å². The van der Waals surface area contributed by atoms with E-state index in [1.807, 2.05) is 0 Å². The fourth-order valence-electron chi connectivity index (χ4n) is 0.512. The van der Waals surface area contributed by atoms with Crippen molar-refractivity contribution in [1.29, 1.82) is 0 Å². The van der Waals surface area contributed by atoms with E-state index < -0.39 is 43.6 Å². The van der Waals surface area contributed by atoms with Gasteiger partial charge >= 0.3 is 0 Å². The zero-order chi connectivity index (χ0) is 20.2. The average Bonchev–Trinajstić information content (AvgIpc) is 2.65. The van der Waals surface area contributed by atoms with Crippen LogP contribution in [0.2, 0.25) is 0 Å². The number of hydrogen-bond acceptors (Lipinski definition) is 3. The van der Waals surface area contributed by atoms with E-state index in [-0.39, 0.29) is 20.8 Å². The molecule has 0 atom stereocenters. The van der Waals surface area contributed by atoms with Gasteiger partial charge in [0.15, 0.2) is 5.13 Å². The molecule has 0 aliphatic rings. The van der Waals surface area contributed by atoms with Crippen LogP contribution in [-0.4, -0.2) is 18.5 Å². The van der Waals surface area contributed by atoms with Crippen molar-refractivity contribution in [1.82, 2.24) is 4.98 Å². The van der Waals surface area contributed by atoms with E-state index in [1.165, 1.54) is 0 Å². The van der Waals surface area contributed by atoms with Crippen LogP contribution in [0.5, 0.6) is 0 Å². The Kier molecular flexibility index (Phi) is 0.806. The van der Waals surface area contributed by atoms with Crippen LogP contribution in [0, 0.1) is 0 Å². The minimum atomic E-state index is -3.36. The van der Waals surface area contributed by atoms with Gasteiger partial charge in [0.05, 0.1) is 0 Å². The Labute approximate surface area is 104 Å². The van der Waals surface area contributed by atoms with E-state index in [0.29, 0.717) is 0 Å². The summed E-state index contributed by atoms with van der Waals surface area (Å²) in [6, 6.07) is 0. The van der Waals surface area contributed by atoms with E-state index in [0.717, 1.165) is 0 Å². The first-order valence-electron chi connectivity index (χ1n) is 9.22. The molecular formula is C8H13BrN2S. The highest BCUT2D eigenvalue weighted by molar-refractivity contribution is 9.10. The molecule has 0 bridgehead atoms. The van der Waals surface area contributed by atoms with E-state index >= 15 is 0 Å². The SMILES string of the molecule is [2H]C([2H])([2H])N(c1nc(Br)c(C([2H])([2H])C([2H])([2H])[2H])s1)C([2H])([2H])C([2H])([2H])[2H]. The molecule has 1 aromatic heterocycles. The fraction of sp³-hybridized carbons (Fsp3) is 0.625. The molecule has 1 rings (SSSR count). The number of thiazole rings is 1. The summed E-state index contributed by atoms with van der Waals surface area (Å²) in [4.78, 5) is 3.09. The summed E-state index contributed by atoms with van der Waals surface area (Å²) in [5.74, 6) is 0. The standard InChI is InChI=1S/C8H13BrN2S/c1-4-6-7(9)10-8(12-6)11(3)5-2/h4-5H2,1-3H3/i1D3,2D3,3D3,4D2,5D2. The molecule has 4 heteroatoms. The van der Waals surface area contributed by atoms with Gasteiger partial charge in [-0.2, -0.15) is 0 Å². The smallest absolute Gasteiger partial charge is 0.186 e. The maximum absolute atomic E-state index is 7.73. The molecule has 0 aromatic carbocycles. The lowest BCUT2D eigenvalue weighted by Crippen LogP contribution is -2.15. The molecule has 1 aromatic rings. The molecule has 2 nitrogen and oxygen atoms in total. The van der Waals surface area contributed by atoms with Gasteiger partial charge in [-0.3, -0.25) is 0 Å². The van der Waals surface area contributed by atoms with E-state index in [9.17, 15) is 0 Å². The third kappa shape index (κ3) is 1.98. The third-order valence-corrected chi connectivity index (χ3v) is 2.78. The van der Waals surface area contributed by atoms with Gasteiger partial charge in [-0.1, -0.05) is 6.85 Å². The number of aryl methyl sites for hydroxylation is 1. The quantitative estimate of drug-likeness (QED) is 0.832. The summed E-state index contributed by atoms with van der Waals surface area (Å²) >= 11 is 3.09. The summed E-state index contributed by atoms with van der Waals surface area (Å²) in [6.45, 7) is -13.1. The lowest BCUT2D eigenvalue weighted by molar-refractivity contribution is 0.954. The average molecular weight is 262 g/mol. The van der Waals surface area contributed by atoms with Crippen LogP contribution in [-0.2, 0) is 6.37 Å². The predicted molar refractivity (Wildman–Crippen MR) is 58.1 cm³/mol. The molecule has 0 N–H and O–H groups in total. The lowest BCUT2D eigenvalue weighted by Gasteiger charge is -2.10. The maximum atomic E-state index is 7.73. The van der Waals surface area contributed by atoms with Crippen LogP contribution >= 0.6 is 27.3 Å². The van der Waals surface area contributed by atoms with Crippen molar-refractivity contribution < 1.29 is 17.8 Å². The van der Waals surface area contributed by atoms with Crippen LogP contribution in [0.4, 0.5) is 5.13 Å². The second-order valence-corrected chi connectivity index (χ2v) is 3.42. The third-order valence-electron chi connectivity index (χ3n) is 0.991. The van der Waals surface area contributed by atoms with Gasteiger partial charge in [0.2, 0.25) is 0 Å². The molecule has 0 saturated heterocycles. The maximum Gasteiger partial charge on any atom is 0.186 e. The predicted octanol–water partition coefficient (Wildman–Crippen LogP) is 2.92. The van der Waals surface area contributed by atoms with E-state index in [4.69, 9.17) is 17.8 Å². The molecule has 0 aliphatic carbocycles. The largest absolute Gasteiger partial charge is 0.351 e. The minimum absolute atomic E-state index is 0.0679. The molecule has 0 aliphatic heterocycles. The first-order chi connectivity index (χ1) is 10.7. The van der Waals surface area contributed by atoms with Crippen molar-refractivity contribution in [2.75, 3.05) is 18.4 Å². The Morgan fingerprint density at radius 2 is 2.67 bits per heavy atom. The molecule has 0 saturated carbocycles. The normalized spacial score (nSPS) is 31.9. The highest BCUT2D eigenvalue weighted by atomic mass is 79.9. The zero-order valence-corrected chi connectivity index (χ0v) is 8.08. The molecule has 0 amide bonds. The number of halogens is 1. The molecule has 12 heavy (non-hydrogen) atoms. The van der Waals surface area contributed by atoms with Crippen molar-refractivity contribution in [3.8, 4) is 0 Å². The fourth-order valence-corrected chi connectivity index (χ4v) is 1.78. The van der Waals surface area contributed by atoms with Crippen LogP contribution in [0.1, 0.15) is 36.4 Å². The van der Waals surface area contributed by atoms with Gasteiger partial charge in [0.1, 0.15) is 4.60 Å². The summed E-state index contributed by atoms with van der Waals surface area (Å²) in [5.41, 5.74) is 0. The van der Waals surface area contributed by atoms with Gasteiger partial charge in [-0.25, -0.2) is 4.98 Å². The lowest BCUT2D eigenvalue weighted by atomic mass is 10.4. The van der Waals surface area contributed by atoms with Gasteiger partial charge < -0.3 is 4.90 Å². The summed E-state index contributed by atoms with van der Waals surface area (Å²) < 4.78 is 96.3. The Morgan fingerprint density at radius 1 is 1.75 bits per heavy atom. The van der Waals surface area contributed by atoms with Gasteiger partial charge in [-0.15, -0.1) is 11.3 Å². The number of rotatable bonds is 3. The number of hydrogen-bond donors (Lipinski definition) is 0. The summed E-state index contributed by atoms with van der Waals surface area (Å²) in [6.07, 6.45) is -2.91. The first kappa shape index (κ1) is 2.28. The summed E-state index contributed by atoms with van der Waals surface area (Å²) in [7, 11) is 0. The van der Waals surface area contributed by atoms with Crippen molar-refractivity contribution in [3.63, 3.8) is 0 Å². The Hall–Kier alpha value is -0.0900. The topological polar surface area (TPSA) is 16.1 Å². The minimum Gasteiger partial charge on any atom is -0.351 e. The second-order valence-electron chi connectivity index (χ2n) is 1.69. The van der Waals surface area contributed by atoms with Crippen LogP contribution in [0.3, 0.4) is 0 Å². The van der Waals surface area contributed by atoms with Crippen molar-refractivity contribution in [3.05, 3.63) is 9.48 Å². The molecule has 0 unspecified atom stereocenters. The van der Waals surface area contributed by atoms with Gasteiger partial charge in [0, 0.05) is 36.2 Å². The number of anilines is 1. The van der Waals surface area contributed by atoms with Gasteiger partial charge in [-0.05, 0) is 29.2 Å². The monoisotopic (exact) mass is 261 g/mol. The number of nitrogens with zero attached hydrogens (tertiary/aromatic N) is 2. The van der Waals surface area contributed by atoms with Crippen LogP contribution in [0.25, 0.3) is 0 Å². The Morgan fingerprint density at radius 3 is 3.33 bits per heavy atom. The highest BCUT2D eigenvalue weighted by Crippen LogP contribution is 2.29. The highest BCUT2D eigenvalue weighted by Gasteiger charge is 2.08. The molecule has 0 fully saturated rings. The zero-order valence-electron chi connectivity index (χ0n) is 18.7.